The Balaban J connectivity index is 2.00. The molecule has 1 aromatic rings. The highest BCUT2D eigenvalue weighted by Crippen LogP contribution is 2.30. The summed E-state index contributed by atoms with van der Waals surface area (Å²) in [5, 5.41) is 14.5. The molecule has 1 aromatic carbocycles. The third kappa shape index (κ3) is 2.91. The molecule has 0 aliphatic heterocycles. The molecule has 0 bridgehead atoms. The number of amides is 1. The Hall–Kier alpha value is -2.24. The molecule has 18 heavy (non-hydrogen) atoms. The van der Waals surface area contributed by atoms with Crippen molar-refractivity contribution in [3.05, 3.63) is 39.9 Å². The van der Waals surface area contributed by atoms with Gasteiger partial charge in [-0.25, -0.2) is 5.43 Å². The molecule has 0 saturated heterocycles. The van der Waals surface area contributed by atoms with Gasteiger partial charge in [-0.15, -0.1) is 0 Å². The lowest BCUT2D eigenvalue weighted by atomic mass is 10.2. The zero-order chi connectivity index (χ0) is 13.1. The Kier molecular flexibility index (Phi) is 3.36. The molecule has 2 rings (SSSR count). The maximum absolute atomic E-state index is 11.7. The number of carbonyl (C=O) groups excluding carboxylic acids is 1. The number of nitro benzene ring substituents is 1. The smallest absolute Gasteiger partial charge is 0.267 e. The second-order valence-electron chi connectivity index (χ2n) is 4.27. The van der Waals surface area contributed by atoms with Crippen LogP contribution in [-0.2, 0) is 0 Å². The number of hydrogen-bond donors (Lipinski definition) is 1. The van der Waals surface area contributed by atoms with Crippen molar-refractivity contribution in [1.82, 2.24) is 5.43 Å². The lowest BCUT2D eigenvalue weighted by molar-refractivity contribution is -0.384. The van der Waals surface area contributed by atoms with Crippen molar-refractivity contribution < 1.29 is 9.72 Å². The van der Waals surface area contributed by atoms with E-state index in [0.29, 0.717) is 11.5 Å². The number of hydrogen-bond acceptors (Lipinski definition) is 4. The van der Waals surface area contributed by atoms with E-state index < -0.39 is 4.92 Å². The maximum atomic E-state index is 11.7. The van der Waals surface area contributed by atoms with Gasteiger partial charge in [0.15, 0.2) is 0 Å². The molecule has 1 aliphatic carbocycles. The topological polar surface area (TPSA) is 84.6 Å². The Bertz CT molecular complexity index is 504. The highest BCUT2D eigenvalue weighted by Gasteiger charge is 2.24. The molecule has 94 valence electrons. The molecule has 1 N–H and O–H groups in total. The summed E-state index contributed by atoms with van der Waals surface area (Å²) in [4.78, 5) is 21.6. The molecule has 1 saturated carbocycles. The number of non-ortho nitro benzene ring substituents is 1. The molecular formula is C12H13N3O3. The van der Waals surface area contributed by atoms with Gasteiger partial charge >= 0.3 is 0 Å². The van der Waals surface area contributed by atoms with Crippen molar-refractivity contribution in [2.24, 2.45) is 11.0 Å². The Morgan fingerprint density at radius 3 is 2.50 bits per heavy atom. The fourth-order valence-corrected chi connectivity index (χ4v) is 1.53. The predicted octanol–water partition coefficient (Wildman–Crippen LogP) is 2.11. The van der Waals surface area contributed by atoms with Crippen molar-refractivity contribution in [3.8, 4) is 0 Å². The first-order valence-corrected chi connectivity index (χ1v) is 5.67. The number of hydrazone groups is 1. The molecule has 0 atom stereocenters. The van der Waals surface area contributed by atoms with Gasteiger partial charge in [0.05, 0.1) is 4.92 Å². The van der Waals surface area contributed by atoms with Crippen LogP contribution < -0.4 is 5.43 Å². The van der Waals surface area contributed by atoms with Crippen LogP contribution in [0.4, 0.5) is 5.69 Å². The zero-order valence-corrected chi connectivity index (χ0v) is 9.92. The van der Waals surface area contributed by atoms with Gasteiger partial charge in [0.2, 0.25) is 0 Å². The van der Waals surface area contributed by atoms with Crippen LogP contribution in [0.15, 0.2) is 29.4 Å². The van der Waals surface area contributed by atoms with Gasteiger partial charge in [-0.2, -0.15) is 5.10 Å². The SMILES string of the molecule is C/C(=N\NC(=O)c1ccc([N+](=O)[O-])cc1)C1CC1. The van der Waals surface area contributed by atoms with Gasteiger partial charge in [0, 0.05) is 23.4 Å². The van der Waals surface area contributed by atoms with Crippen LogP contribution in [0, 0.1) is 16.0 Å². The van der Waals surface area contributed by atoms with Crippen LogP contribution in [0.2, 0.25) is 0 Å². The first-order chi connectivity index (χ1) is 8.58. The highest BCUT2D eigenvalue weighted by atomic mass is 16.6. The Labute approximate surface area is 104 Å². The molecule has 0 radical (unpaired) electrons. The summed E-state index contributed by atoms with van der Waals surface area (Å²) >= 11 is 0. The van der Waals surface area contributed by atoms with E-state index in [1.807, 2.05) is 6.92 Å². The van der Waals surface area contributed by atoms with Gasteiger partial charge in [0.25, 0.3) is 11.6 Å². The van der Waals surface area contributed by atoms with Crippen LogP contribution >= 0.6 is 0 Å². The summed E-state index contributed by atoms with van der Waals surface area (Å²) in [5.74, 6) is 0.145. The monoisotopic (exact) mass is 247 g/mol. The van der Waals surface area contributed by atoms with Gasteiger partial charge < -0.3 is 0 Å². The number of carbonyl (C=O) groups is 1. The molecule has 1 amide bonds. The van der Waals surface area contributed by atoms with E-state index in [1.54, 1.807) is 0 Å². The fraction of sp³-hybridized carbons (Fsp3) is 0.333. The molecule has 6 nitrogen and oxygen atoms in total. The number of nitrogens with zero attached hydrogens (tertiary/aromatic N) is 2. The summed E-state index contributed by atoms with van der Waals surface area (Å²) in [6.07, 6.45) is 2.26. The van der Waals surface area contributed by atoms with Crippen molar-refractivity contribution in [2.75, 3.05) is 0 Å². The minimum Gasteiger partial charge on any atom is -0.267 e. The Morgan fingerprint density at radius 2 is 2.00 bits per heavy atom. The van der Waals surface area contributed by atoms with Crippen LogP contribution in [0.25, 0.3) is 0 Å². The van der Waals surface area contributed by atoms with Crippen LogP contribution in [0.5, 0.6) is 0 Å². The third-order valence-corrected chi connectivity index (χ3v) is 2.84. The molecule has 1 aliphatic rings. The van der Waals surface area contributed by atoms with Crippen molar-refractivity contribution >= 4 is 17.3 Å². The summed E-state index contributed by atoms with van der Waals surface area (Å²) in [6.45, 7) is 1.88. The standard InChI is InChI=1S/C12H13N3O3/c1-8(9-2-3-9)13-14-12(16)10-4-6-11(7-5-10)15(17)18/h4-7,9H,2-3H2,1H3,(H,14,16)/b13-8+. The van der Waals surface area contributed by atoms with Crippen LogP contribution in [0.3, 0.4) is 0 Å². The van der Waals surface area contributed by atoms with E-state index >= 15 is 0 Å². The van der Waals surface area contributed by atoms with Gasteiger partial charge in [0.1, 0.15) is 0 Å². The maximum Gasteiger partial charge on any atom is 0.271 e. The average Bonchev–Trinajstić information content (AvgIpc) is 3.20. The van der Waals surface area contributed by atoms with E-state index in [4.69, 9.17) is 0 Å². The van der Waals surface area contributed by atoms with E-state index in [2.05, 4.69) is 10.5 Å². The second kappa shape index (κ2) is 4.95. The molecule has 0 aromatic heterocycles. The lowest BCUT2D eigenvalue weighted by Gasteiger charge is -2.01. The first kappa shape index (κ1) is 12.2. The van der Waals surface area contributed by atoms with Crippen molar-refractivity contribution in [1.29, 1.82) is 0 Å². The quantitative estimate of drug-likeness (QED) is 0.502. The van der Waals surface area contributed by atoms with Gasteiger partial charge in [-0.05, 0) is 37.8 Å². The molecule has 0 heterocycles. The largest absolute Gasteiger partial charge is 0.271 e. The van der Waals surface area contributed by atoms with Crippen molar-refractivity contribution in [3.63, 3.8) is 0 Å². The van der Waals surface area contributed by atoms with Gasteiger partial charge in [-0.1, -0.05) is 0 Å². The van der Waals surface area contributed by atoms with E-state index in [9.17, 15) is 14.9 Å². The molecule has 1 fully saturated rings. The average molecular weight is 247 g/mol. The number of rotatable bonds is 4. The zero-order valence-electron chi connectivity index (χ0n) is 9.92. The summed E-state index contributed by atoms with van der Waals surface area (Å²) in [6, 6.07) is 5.42. The van der Waals surface area contributed by atoms with Crippen LogP contribution in [-0.4, -0.2) is 16.5 Å². The van der Waals surface area contributed by atoms with Gasteiger partial charge in [-0.3, -0.25) is 14.9 Å². The summed E-state index contributed by atoms with van der Waals surface area (Å²) < 4.78 is 0. The van der Waals surface area contributed by atoms with E-state index in [1.165, 1.54) is 24.3 Å². The minimum atomic E-state index is -0.503. The molecule has 6 heteroatoms. The Morgan fingerprint density at radius 1 is 1.39 bits per heavy atom. The molecular weight excluding hydrogens is 234 g/mol. The summed E-state index contributed by atoms with van der Waals surface area (Å²) in [5.41, 5.74) is 3.69. The first-order valence-electron chi connectivity index (χ1n) is 5.67. The predicted molar refractivity (Wildman–Crippen MR) is 66.4 cm³/mol. The fourth-order valence-electron chi connectivity index (χ4n) is 1.53. The van der Waals surface area contributed by atoms with E-state index in [-0.39, 0.29) is 11.6 Å². The van der Waals surface area contributed by atoms with E-state index in [0.717, 1.165) is 18.6 Å². The molecule has 0 spiro atoms. The lowest BCUT2D eigenvalue weighted by Crippen LogP contribution is -2.19. The molecule has 0 unspecified atom stereocenters. The number of benzene rings is 1. The highest BCUT2D eigenvalue weighted by molar-refractivity contribution is 5.95. The third-order valence-electron chi connectivity index (χ3n) is 2.84. The number of nitrogens with one attached hydrogen (secondary N) is 1. The normalized spacial score (nSPS) is 15.3. The minimum absolute atomic E-state index is 0.0378. The second-order valence-corrected chi connectivity index (χ2v) is 4.27. The van der Waals surface area contributed by atoms with Crippen LogP contribution in [0.1, 0.15) is 30.1 Å². The van der Waals surface area contributed by atoms with Crippen molar-refractivity contribution in [2.45, 2.75) is 19.8 Å². The number of nitro groups is 1. The summed E-state index contributed by atoms with van der Waals surface area (Å²) in [7, 11) is 0.